The molecule has 5 aromatic rings. The minimum absolute atomic E-state index is 0.0225. The average molecular weight is 651 g/mol. The molecule has 5 aromatic carbocycles. The molecule has 0 aliphatic carbocycles. The first kappa shape index (κ1) is 34.7. The lowest BCUT2D eigenvalue weighted by Crippen LogP contribution is -2.27. The SMILES string of the molecule is CCc1cccc(CC)c1[N+]1=CN(c2cc(C(C)(C)C)ccc2-c2ccccc2)[C@@H](c2ccccc2)[C@@H]1c1ccccc1.F[B-](F)(F)F. The van der Waals surface area contributed by atoms with Crippen LogP contribution in [0.3, 0.4) is 0 Å². The Labute approximate surface area is 282 Å². The highest BCUT2D eigenvalue weighted by atomic mass is 19.5. The minimum Gasteiger partial charge on any atom is -0.418 e. The van der Waals surface area contributed by atoms with Gasteiger partial charge in [0.05, 0.1) is 0 Å². The van der Waals surface area contributed by atoms with E-state index in [9.17, 15) is 17.3 Å². The standard InChI is InChI=1S/C41H43N2.BF4/c1-6-30-24-17-25-31(7-2)38(30)43-29-42(39(33-20-13-9-14-21-33)40(43)34-22-15-10-16-23-34)37-28-35(41(3,4)5)26-27-36(37)32-18-11-8-12-19-32;2-1(3,4)5/h8-29,39-40H,6-7H2,1-5H3;/q+1;-1/t39-,40-;/m0./s1. The molecule has 0 radical (unpaired) electrons. The van der Waals surface area contributed by atoms with Crippen LogP contribution >= 0.6 is 0 Å². The molecular weight excluding hydrogens is 607 g/mol. The van der Waals surface area contributed by atoms with E-state index in [0.717, 1.165) is 12.8 Å². The number of halogens is 4. The molecule has 0 bridgehead atoms. The zero-order valence-corrected chi connectivity index (χ0v) is 28.3. The van der Waals surface area contributed by atoms with E-state index in [-0.39, 0.29) is 17.5 Å². The van der Waals surface area contributed by atoms with E-state index in [1.54, 1.807) is 0 Å². The van der Waals surface area contributed by atoms with Gasteiger partial charge in [-0.2, -0.15) is 0 Å². The van der Waals surface area contributed by atoms with Crippen molar-refractivity contribution in [3.8, 4) is 11.1 Å². The number of benzene rings is 5. The first-order valence-electron chi connectivity index (χ1n) is 16.6. The Balaban J connectivity index is 0.000000840. The largest absolute Gasteiger partial charge is 0.673 e. The second kappa shape index (κ2) is 14.6. The van der Waals surface area contributed by atoms with Gasteiger partial charge in [-0.05, 0) is 52.6 Å². The number of anilines is 1. The Hall–Kier alpha value is -4.65. The summed E-state index contributed by atoms with van der Waals surface area (Å²) in [6.07, 6.45) is 4.39. The predicted molar refractivity (Wildman–Crippen MR) is 193 cm³/mol. The van der Waals surface area contributed by atoms with Gasteiger partial charge in [-0.25, -0.2) is 9.48 Å². The van der Waals surface area contributed by atoms with Crippen molar-refractivity contribution in [3.63, 3.8) is 0 Å². The summed E-state index contributed by atoms with van der Waals surface area (Å²) < 4.78 is 41.6. The van der Waals surface area contributed by atoms with E-state index < -0.39 is 7.25 Å². The maximum Gasteiger partial charge on any atom is 0.673 e. The number of rotatable bonds is 7. The topological polar surface area (TPSA) is 6.25 Å². The zero-order valence-electron chi connectivity index (χ0n) is 28.3. The minimum atomic E-state index is -6.00. The van der Waals surface area contributed by atoms with E-state index in [4.69, 9.17) is 0 Å². The van der Waals surface area contributed by atoms with Crippen molar-refractivity contribution < 1.29 is 21.8 Å². The highest BCUT2D eigenvalue weighted by molar-refractivity contribution is 6.50. The van der Waals surface area contributed by atoms with Crippen molar-refractivity contribution >= 4 is 25.0 Å². The third-order valence-corrected chi connectivity index (χ3v) is 8.88. The van der Waals surface area contributed by atoms with Crippen LogP contribution in [0.4, 0.5) is 28.6 Å². The summed E-state index contributed by atoms with van der Waals surface area (Å²) in [5.41, 5.74) is 11.8. The molecule has 2 atom stereocenters. The van der Waals surface area contributed by atoms with E-state index in [1.807, 2.05) is 0 Å². The molecule has 0 saturated heterocycles. The molecule has 0 aromatic heterocycles. The number of para-hydroxylation sites is 1. The summed E-state index contributed by atoms with van der Waals surface area (Å²) in [6, 6.07) is 47.1. The van der Waals surface area contributed by atoms with E-state index >= 15 is 0 Å². The fourth-order valence-electron chi connectivity index (χ4n) is 6.60. The monoisotopic (exact) mass is 650 g/mol. The smallest absolute Gasteiger partial charge is 0.418 e. The van der Waals surface area contributed by atoms with Gasteiger partial charge in [0.15, 0.2) is 12.1 Å². The van der Waals surface area contributed by atoms with Crippen molar-refractivity contribution in [3.05, 3.63) is 155 Å². The first-order chi connectivity index (χ1) is 22.9. The second-order valence-electron chi connectivity index (χ2n) is 13.1. The van der Waals surface area contributed by atoms with Crippen molar-refractivity contribution in [2.24, 2.45) is 0 Å². The third kappa shape index (κ3) is 7.90. The number of hydrogen-bond donors (Lipinski definition) is 0. The summed E-state index contributed by atoms with van der Waals surface area (Å²) in [7, 11) is -6.00. The zero-order chi connectivity index (χ0) is 34.5. The lowest BCUT2D eigenvalue weighted by molar-refractivity contribution is -0.482. The Morgan fingerprint density at radius 2 is 1.15 bits per heavy atom. The lowest BCUT2D eigenvalue weighted by atomic mass is 9.84. The van der Waals surface area contributed by atoms with Gasteiger partial charge >= 0.3 is 7.25 Å². The highest BCUT2D eigenvalue weighted by Crippen LogP contribution is 2.49. The van der Waals surface area contributed by atoms with Crippen LogP contribution < -0.4 is 4.90 Å². The lowest BCUT2D eigenvalue weighted by Gasteiger charge is -2.27. The van der Waals surface area contributed by atoms with Gasteiger partial charge in [-0.3, -0.25) is 0 Å². The van der Waals surface area contributed by atoms with Crippen molar-refractivity contribution in [2.45, 2.75) is 65.0 Å². The molecule has 248 valence electrons. The highest BCUT2D eigenvalue weighted by Gasteiger charge is 2.47. The van der Waals surface area contributed by atoms with Gasteiger partial charge in [-0.1, -0.05) is 150 Å². The molecular formula is C41H43BF4N2. The molecule has 1 aliphatic heterocycles. The van der Waals surface area contributed by atoms with Crippen LogP contribution in [0, 0.1) is 0 Å². The maximum absolute atomic E-state index is 9.75. The summed E-state index contributed by atoms with van der Waals surface area (Å²) in [5, 5.41) is 0. The number of nitrogens with zero attached hydrogens (tertiary/aromatic N) is 2. The number of hydrogen-bond acceptors (Lipinski definition) is 1. The number of aryl methyl sites for hydroxylation is 2. The van der Waals surface area contributed by atoms with Gasteiger partial charge < -0.3 is 17.3 Å². The summed E-state index contributed by atoms with van der Waals surface area (Å²) in [5.74, 6) is 0. The molecule has 0 saturated carbocycles. The van der Waals surface area contributed by atoms with Crippen LogP contribution in [0.15, 0.2) is 127 Å². The first-order valence-corrected chi connectivity index (χ1v) is 16.6. The van der Waals surface area contributed by atoms with Crippen LogP contribution in [0.5, 0.6) is 0 Å². The predicted octanol–water partition coefficient (Wildman–Crippen LogP) is 11.8. The van der Waals surface area contributed by atoms with Gasteiger partial charge in [0.25, 0.3) is 0 Å². The fourth-order valence-corrected chi connectivity index (χ4v) is 6.60. The summed E-state index contributed by atoms with van der Waals surface area (Å²) >= 11 is 0. The Kier molecular flexibility index (Phi) is 10.6. The maximum atomic E-state index is 9.75. The van der Waals surface area contributed by atoms with E-state index in [1.165, 1.54) is 50.3 Å². The summed E-state index contributed by atoms with van der Waals surface area (Å²) in [4.78, 5) is 2.57. The van der Waals surface area contributed by atoms with Crippen molar-refractivity contribution in [2.75, 3.05) is 4.90 Å². The molecule has 2 nitrogen and oxygen atoms in total. The van der Waals surface area contributed by atoms with Crippen molar-refractivity contribution in [1.82, 2.24) is 0 Å². The molecule has 6 rings (SSSR count). The molecule has 0 unspecified atom stereocenters. The van der Waals surface area contributed by atoms with Gasteiger partial charge in [-0.15, -0.1) is 0 Å². The average Bonchev–Trinajstić information content (AvgIpc) is 3.47. The van der Waals surface area contributed by atoms with Crippen molar-refractivity contribution in [1.29, 1.82) is 0 Å². The van der Waals surface area contributed by atoms with Gasteiger partial charge in [0.1, 0.15) is 11.4 Å². The van der Waals surface area contributed by atoms with Crippen LogP contribution in [0.2, 0.25) is 0 Å². The second-order valence-corrected chi connectivity index (χ2v) is 13.1. The molecule has 1 heterocycles. The third-order valence-electron chi connectivity index (χ3n) is 8.88. The Morgan fingerprint density at radius 3 is 1.65 bits per heavy atom. The molecule has 0 fully saturated rings. The molecule has 0 spiro atoms. The van der Waals surface area contributed by atoms with Crippen LogP contribution in [0.1, 0.15) is 74.5 Å². The van der Waals surface area contributed by atoms with Crippen LogP contribution in [-0.2, 0) is 18.3 Å². The summed E-state index contributed by atoms with van der Waals surface area (Å²) in [6.45, 7) is 11.5. The van der Waals surface area contributed by atoms with Gasteiger partial charge in [0, 0.05) is 16.7 Å². The quantitative estimate of drug-likeness (QED) is 0.0965. The molecule has 1 aliphatic rings. The molecule has 0 amide bonds. The molecule has 48 heavy (non-hydrogen) atoms. The molecule has 0 N–H and O–H groups in total. The Morgan fingerprint density at radius 1 is 0.646 bits per heavy atom. The molecule has 7 heteroatoms. The Bertz CT molecular complexity index is 1800. The van der Waals surface area contributed by atoms with E-state index in [2.05, 4.69) is 178 Å². The fraction of sp³-hybridized carbons (Fsp3) is 0.244. The van der Waals surface area contributed by atoms with E-state index in [0.29, 0.717) is 0 Å². The normalized spacial score (nSPS) is 16.3. The van der Waals surface area contributed by atoms with Gasteiger partial charge in [0.2, 0.25) is 6.34 Å². The van der Waals surface area contributed by atoms with Crippen LogP contribution in [-0.4, -0.2) is 18.2 Å². The van der Waals surface area contributed by atoms with Crippen LogP contribution in [0.25, 0.3) is 11.1 Å².